The van der Waals surface area contributed by atoms with Gasteiger partial charge in [-0.1, -0.05) is 23.4 Å². The molecule has 2 N–H and O–H groups in total. The largest absolute Gasteiger partial charge is 0.508 e. The molecular weight excluding hydrogens is 378 g/mol. The summed E-state index contributed by atoms with van der Waals surface area (Å²) in [5.74, 6) is 0.569. The Bertz CT molecular complexity index is 917. The van der Waals surface area contributed by atoms with E-state index in [-0.39, 0.29) is 17.4 Å². The molecule has 3 rings (SSSR count). The fraction of sp³-hybridized carbons (Fsp3) is 0.125. The molecule has 0 bridgehead atoms. The summed E-state index contributed by atoms with van der Waals surface area (Å²) in [6, 6.07) is 11.4. The summed E-state index contributed by atoms with van der Waals surface area (Å²) in [5.41, 5.74) is 1.25. The predicted molar refractivity (Wildman–Crippen MR) is 98.2 cm³/mol. The summed E-state index contributed by atoms with van der Waals surface area (Å²) in [5, 5.41) is 24.4. The van der Waals surface area contributed by atoms with Crippen LogP contribution in [-0.2, 0) is 4.79 Å². The van der Waals surface area contributed by atoms with Crippen molar-refractivity contribution in [1.82, 2.24) is 20.2 Å². The molecule has 1 heterocycles. The van der Waals surface area contributed by atoms with Gasteiger partial charge in [0.2, 0.25) is 11.1 Å². The number of halogens is 1. The molecule has 0 saturated heterocycles. The van der Waals surface area contributed by atoms with Gasteiger partial charge in [0.1, 0.15) is 11.5 Å². The van der Waals surface area contributed by atoms with Gasteiger partial charge in [-0.15, -0.1) is 5.10 Å². The molecule has 0 radical (unpaired) electrons. The van der Waals surface area contributed by atoms with Gasteiger partial charge in [-0.3, -0.25) is 4.79 Å². The quantitative estimate of drug-likeness (QED) is 0.623. The van der Waals surface area contributed by atoms with Gasteiger partial charge in [-0.05, 0) is 52.9 Å². The number of rotatable bonds is 6. The molecule has 3 aromatic rings. The number of hydrogen-bond acceptors (Lipinski definition) is 7. The van der Waals surface area contributed by atoms with Crippen LogP contribution in [0.2, 0.25) is 5.02 Å². The second-order valence-electron chi connectivity index (χ2n) is 5.08. The van der Waals surface area contributed by atoms with Gasteiger partial charge in [0.15, 0.2) is 0 Å². The highest BCUT2D eigenvalue weighted by Crippen LogP contribution is 2.27. The molecule has 0 atom stereocenters. The van der Waals surface area contributed by atoms with Gasteiger partial charge in [-0.2, -0.15) is 4.68 Å². The third-order valence-electron chi connectivity index (χ3n) is 3.30. The van der Waals surface area contributed by atoms with Crippen LogP contribution in [0, 0.1) is 0 Å². The molecule has 0 fully saturated rings. The second kappa shape index (κ2) is 8.07. The molecule has 26 heavy (non-hydrogen) atoms. The molecule has 2 aromatic carbocycles. The molecule has 8 nitrogen and oxygen atoms in total. The zero-order chi connectivity index (χ0) is 18.5. The molecule has 0 aliphatic rings. The van der Waals surface area contributed by atoms with E-state index in [9.17, 15) is 9.90 Å². The van der Waals surface area contributed by atoms with Crippen molar-refractivity contribution >= 4 is 35.0 Å². The minimum absolute atomic E-state index is 0.113. The molecule has 0 aliphatic carbocycles. The van der Waals surface area contributed by atoms with Gasteiger partial charge in [0.25, 0.3) is 0 Å². The van der Waals surface area contributed by atoms with Crippen molar-refractivity contribution in [3.05, 3.63) is 47.5 Å². The number of benzene rings is 2. The summed E-state index contributed by atoms with van der Waals surface area (Å²) < 4.78 is 6.56. The van der Waals surface area contributed by atoms with E-state index in [1.807, 2.05) is 0 Å². The van der Waals surface area contributed by atoms with Crippen molar-refractivity contribution in [3.63, 3.8) is 0 Å². The SMILES string of the molecule is COc1ccc(NC(=O)CSc2nnnn2-c2ccc(O)cc2)cc1Cl. The lowest BCUT2D eigenvalue weighted by atomic mass is 10.3. The first-order valence-electron chi connectivity index (χ1n) is 7.41. The number of carbonyl (C=O) groups excluding carboxylic acids is 1. The van der Waals surface area contributed by atoms with Crippen LogP contribution in [0.5, 0.6) is 11.5 Å². The van der Waals surface area contributed by atoms with E-state index < -0.39 is 0 Å². The number of nitrogens with one attached hydrogen (secondary N) is 1. The average molecular weight is 392 g/mol. The van der Waals surface area contributed by atoms with E-state index in [4.69, 9.17) is 16.3 Å². The standard InChI is InChI=1S/C16H14ClN5O3S/c1-25-14-7-2-10(8-13(14)17)18-15(24)9-26-16-19-20-21-22(16)11-3-5-12(23)6-4-11/h2-8,23H,9H2,1H3,(H,18,24). The van der Waals surface area contributed by atoms with Crippen LogP contribution >= 0.6 is 23.4 Å². The Morgan fingerprint density at radius 2 is 2.08 bits per heavy atom. The Hall–Kier alpha value is -2.78. The summed E-state index contributed by atoms with van der Waals surface area (Å²) in [6.45, 7) is 0. The predicted octanol–water partition coefficient (Wildman–Crippen LogP) is 2.76. The van der Waals surface area contributed by atoms with Crippen molar-refractivity contribution in [3.8, 4) is 17.2 Å². The zero-order valence-corrected chi connectivity index (χ0v) is 15.2. The van der Waals surface area contributed by atoms with Crippen LogP contribution in [0.3, 0.4) is 0 Å². The van der Waals surface area contributed by atoms with Crippen LogP contribution in [0.15, 0.2) is 47.6 Å². The molecule has 134 valence electrons. The molecule has 0 aliphatic heterocycles. The third kappa shape index (κ3) is 4.24. The van der Waals surface area contributed by atoms with Crippen molar-refractivity contribution in [1.29, 1.82) is 0 Å². The van der Waals surface area contributed by atoms with Crippen LogP contribution < -0.4 is 10.1 Å². The number of ether oxygens (including phenoxy) is 1. The van der Waals surface area contributed by atoms with E-state index in [1.54, 1.807) is 30.3 Å². The van der Waals surface area contributed by atoms with E-state index in [1.165, 1.54) is 35.7 Å². The van der Waals surface area contributed by atoms with Crippen molar-refractivity contribution < 1.29 is 14.6 Å². The highest BCUT2D eigenvalue weighted by atomic mass is 35.5. The van der Waals surface area contributed by atoms with Crippen LogP contribution in [0.1, 0.15) is 0 Å². The lowest BCUT2D eigenvalue weighted by molar-refractivity contribution is -0.113. The number of tetrazole rings is 1. The first-order chi connectivity index (χ1) is 12.6. The number of phenolic OH excluding ortho intramolecular Hbond substituents is 1. The van der Waals surface area contributed by atoms with E-state index >= 15 is 0 Å². The number of phenols is 1. The molecule has 10 heteroatoms. The number of aromatic nitrogens is 4. The van der Waals surface area contributed by atoms with E-state index in [0.717, 1.165) is 0 Å². The Morgan fingerprint density at radius 1 is 1.31 bits per heavy atom. The Balaban J connectivity index is 1.63. The van der Waals surface area contributed by atoms with E-state index in [2.05, 4.69) is 20.8 Å². The van der Waals surface area contributed by atoms with Crippen molar-refractivity contribution in [2.24, 2.45) is 0 Å². The topological polar surface area (TPSA) is 102 Å². The van der Waals surface area contributed by atoms with Gasteiger partial charge >= 0.3 is 0 Å². The first kappa shape index (κ1) is 18.0. The fourth-order valence-corrected chi connectivity index (χ4v) is 3.04. The van der Waals surface area contributed by atoms with Crippen LogP contribution in [0.25, 0.3) is 5.69 Å². The third-order valence-corrected chi connectivity index (χ3v) is 4.52. The maximum Gasteiger partial charge on any atom is 0.234 e. The van der Waals surface area contributed by atoms with Gasteiger partial charge in [0.05, 0.1) is 23.6 Å². The maximum absolute atomic E-state index is 12.1. The minimum atomic E-state index is -0.225. The monoisotopic (exact) mass is 391 g/mol. The van der Waals surface area contributed by atoms with Gasteiger partial charge in [-0.25, -0.2) is 0 Å². The summed E-state index contributed by atoms with van der Waals surface area (Å²) >= 11 is 7.23. The number of anilines is 1. The molecule has 0 spiro atoms. The number of hydrogen-bond donors (Lipinski definition) is 2. The number of aromatic hydroxyl groups is 1. The first-order valence-corrected chi connectivity index (χ1v) is 8.77. The lowest BCUT2D eigenvalue weighted by Crippen LogP contribution is -2.14. The molecule has 1 aromatic heterocycles. The maximum atomic E-state index is 12.1. The van der Waals surface area contributed by atoms with Gasteiger partial charge < -0.3 is 15.2 Å². The fourth-order valence-electron chi connectivity index (χ4n) is 2.10. The zero-order valence-electron chi connectivity index (χ0n) is 13.6. The summed E-state index contributed by atoms with van der Waals surface area (Å²) in [7, 11) is 1.52. The van der Waals surface area contributed by atoms with E-state index in [0.29, 0.717) is 27.3 Å². The highest BCUT2D eigenvalue weighted by molar-refractivity contribution is 7.99. The normalized spacial score (nSPS) is 10.5. The Labute approximate surface area is 158 Å². The second-order valence-corrected chi connectivity index (χ2v) is 6.43. The number of methoxy groups -OCH3 is 1. The van der Waals surface area contributed by atoms with Gasteiger partial charge in [0, 0.05) is 5.69 Å². The Morgan fingerprint density at radius 3 is 2.77 bits per heavy atom. The summed E-state index contributed by atoms with van der Waals surface area (Å²) in [6.07, 6.45) is 0. The number of amides is 1. The lowest BCUT2D eigenvalue weighted by Gasteiger charge is -2.08. The molecule has 1 amide bonds. The number of nitrogens with zero attached hydrogens (tertiary/aromatic N) is 4. The minimum Gasteiger partial charge on any atom is -0.508 e. The average Bonchev–Trinajstić information content (AvgIpc) is 3.09. The number of carbonyl (C=O) groups is 1. The highest BCUT2D eigenvalue weighted by Gasteiger charge is 2.12. The van der Waals surface area contributed by atoms with Crippen molar-refractivity contribution in [2.45, 2.75) is 5.16 Å². The smallest absolute Gasteiger partial charge is 0.234 e. The Kier molecular flexibility index (Phi) is 5.59. The summed E-state index contributed by atoms with van der Waals surface area (Å²) in [4.78, 5) is 12.1. The van der Waals surface area contributed by atoms with Crippen molar-refractivity contribution in [2.75, 3.05) is 18.2 Å². The number of thioether (sulfide) groups is 1. The molecule has 0 unspecified atom stereocenters. The molecule has 0 saturated carbocycles. The molecular formula is C16H14ClN5O3S. The van der Waals surface area contributed by atoms with Crippen LogP contribution in [-0.4, -0.2) is 44.1 Å². The van der Waals surface area contributed by atoms with Crippen LogP contribution in [0.4, 0.5) is 5.69 Å².